The molecule has 168 valence electrons. The zero-order valence-electron chi connectivity index (χ0n) is 17.8. The third-order valence-corrected chi connectivity index (χ3v) is 5.69. The first-order chi connectivity index (χ1) is 14.7. The second-order valence-corrected chi connectivity index (χ2v) is 9.30. The number of rotatable bonds is 10. The zero-order valence-corrected chi connectivity index (χ0v) is 20.9. The van der Waals surface area contributed by atoms with Crippen LogP contribution in [0.25, 0.3) is 0 Å². The third kappa shape index (κ3) is 8.02. The molecule has 0 bridgehead atoms. The maximum atomic E-state index is 13.2. The lowest BCUT2D eigenvalue weighted by Crippen LogP contribution is -2.50. The highest BCUT2D eigenvalue weighted by atomic mass is 79.9. The van der Waals surface area contributed by atoms with Gasteiger partial charge >= 0.3 is 0 Å². The highest BCUT2D eigenvalue weighted by Gasteiger charge is 2.29. The van der Waals surface area contributed by atoms with Gasteiger partial charge in [0.15, 0.2) is 6.61 Å². The second kappa shape index (κ2) is 12.3. The fraction of sp³-hybridized carbons (Fsp3) is 0.391. The van der Waals surface area contributed by atoms with Crippen molar-refractivity contribution in [3.05, 3.63) is 62.5 Å². The van der Waals surface area contributed by atoms with Crippen LogP contribution in [-0.2, 0) is 16.1 Å². The molecule has 0 unspecified atom stereocenters. The lowest BCUT2D eigenvalue weighted by molar-refractivity contribution is -0.143. The van der Waals surface area contributed by atoms with Crippen molar-refractivity contribution in [2.24, 2.45) is 5.92 Å². The maximum Gasteiger partial charge on any atom is 0.261 e. The van der Waals surface area contributed by atoms with E-state index in [4.69, 9.17) is 27.9 Å². The topological polar surface area (TPSA) is 58.6 Å². The summed E-state index contributed by atoms with van der Waals surface area (Å²) in [7, 11) is 0. The van der Waals surface area contributed by atoms with Gasteiger partial charge in [0.2, 0.25) is 5.91 Å². The summed E-state index contributed by atoms with van der Waals surface area (Å²) in [5, 5.41) is 4.10. The van der Waals surface area contributed by atoms with Gasteiger partial charge in [0.1, 0.15) is 11.8 Å². The summed E-state index contributed by atoms with van der Waals surface area (Å²) in [5.41, 5.74) is 0.875. The van der Waals surface area contributed by atoms with E-state index in [9.17, 15) is 9.59 Å². The summed E-state index contributed by atoms with van der Waals surface area (Å²) in [5.74, 6) is 0.350. The van der Waals surface area contributed by atoms with E-state index in [0.29, 0.717) is 39.2 Å². The van der Waals surface area contributed by atoms with Crippen LogP contribution in [0.4, 0.5) is 0 Å². The smallest absolute Gasteiger partial charge is 0.261 e. The van der Waals surface area contributed by atoms with Crippen molar-refractivity contribution in [2.45, 2.75) is 39.8 Å². The largest absolute Gasteiger partial charge is 0.483 e. The van der Waals surface area contributed by atoms with Gasteiger partial charge in [0.05, 0.1) is 4.47 Å². The number of benzene rings is 2. The molecular weight excluding hydrogens is 503 g/mol. The lowest BCUT2D eigenvalue weighted by Gasteiger charge is -2.31. The Labute approximate surface area is 202 Å². The Morgan fingerprint density at radius 3 is 2.32 bits per heavy atom. The number of carbonyl (C=O) groups excluding carboxylic acids is 2. The summed E-state index contributed by atoms with van der Waals surface area (Å²) in [4.78, 5) is 27.6. The minimum Gasteiger partial charge on any atom is -0.483 e. The Balaban J connectivity index is 2.20. The molecule has 5 nitrogen and oxygen atoms in total. The van der Waals surface area contributed by atoms with Gasteiger partial charge in [0.25, 0.3) is 5.91 Å². The van der Waals surface area contributed by atoms with Crippen molar-refractivity contribution in [3.63, 3.8) is 0 Å². The Morgan fingerprint density at radius 1 is 1.10 bits per heavy atom. The average molecular weight is 530 g/mol. The number of hydrogen-bond donors (Lipinski definition) is 1. The van der Waals surface area contributed by atoms with Gasteiger partial charge in [-0.05, 0) is 64.2 Å². The molecule has 31 heavy (non-hydrogen) atoms. The summed E-state index contributed by atoms with van der Waals surface area (Å²) in [6.45, 7) is 6.55. The van der Waals surface area contributed by atoms with E-state index in [-0.39, 0.29) is 25.0 Å². The van der Waals surface area contributed by atoms with Crippen molar-refractivity contribution >= 4 is 50.9 Å². The third-order valence-electron chi connectivity index (χ3n) is 4.58. The minimum absolute atomic E-state index is 0.175. The quantitative estimate of drug-likeness (QED) is 0.428. The number of carbonyl (C=O) groups is 2. The molecule has 2 aromatic rings. The molecule has 0 radical (unpaired) electrons. The summed E-state index contributed by atoms with van der Waals surface area (Å²) < 4.78 is 6.37. The van der Waals surface area contributed by atoms with Gasteiger partial charge < -0.3 is 15.0 Å². The van der Waals surface area contributed by atoms with E-state index in [2.05, 4.69) is 21.2 Å². The predicted molar refractivity (Wildman–Crippen MR) is 129 cm³/mol. The number of hydrogen-bond acceptors (Lipinski definition) is 3. The molecule has 2 aromatic carbocycles. The molecule has 2 rings (SSSR count). The Morgan fingerprint density at radius 2 is 1.74 bits per heavy atom. The monoisotopic (exact) mass is 528 g/mol. The van der Waals surface area contributed by atoms with E-state index in [0.717, 1.165) is 5.56 Å². The van der Waals surface area contributed by atoms with Crippen molar-refractivity contribution < 1.29 is 14.3 Å². The van der Waals surface area contributed by atoms with E-state index in [1.807, 2.05) is 32.9 Å². The molecule has 0 aromatic heterocycles. The molecule has 0 aliphatic carbocycles. The van der Waals surface area contributed by atoms with Crippen LogP contribution in [0, 0.1) is 5.92 Å². The first-order valence-electron chi connectivity index (χ1n) is 10.1. The standard InChI is InChI=1S/C23H27BrCl2N2O3/c1-4-20(23(30)27-12-15(2)3)28(13-16-5-7-17(25)8-6-16)22(29)14-31-21-10-9-18(26)11-19(21)24/h5-11,15,20H,4,12-14H2,1-3H3,(H,27,30)/t20-/m1/s1. The molecule has 2 amide bonds. The van der Waals surface area contributed by atoms with Gasteiger partial charge in [-0.2, -0.15) is 0 Å². The molecule has 1 atom stereocenters. The molecule has 1 N–H and O–H groups in total. The molecule has 0 aliphatic heterocycles. The maximum absolute atomic E-state index is 13.2. The van der Waals surface area contributed by atoms with Crippen LogP contribution in [0.2, 0.25) is 10.0 Å². The van der Waals surface area contributed by atoms with Crippen LogP contribution in [-0.4, -0.2) is 35.9 Å². The summed E-state index contributed by atoms with van der Waals surface area (Å²) >= 11 is 15.3. The van der Waals surface area contributed by atoms with Gasteiger partial charge in [0, 0.05) is 23.1 Å². The highest BCUT2D eigenvalue weighted by Crippen LogP contribution is 2.28. The van der Waals surface area contributed by atoms with E-state index in [1.54, 1.807) is 35.2 Å². The van der Waals surface area contributed by atoms with Crippen LogP contribution in [0.15, 0.2) is 46.9 Å². The first kappa shape index (κ1) is 25.5. The Bertz CT molecular complexity index is 891. The van der Waals surface area contributed by atoms with E-state index in [1.165, 1.54) is 0 Å². The van der Waals surface area contributed by atoms with Crippen molar-refractivity contribution in [1.29, 1.82) is 0 Å². The number of halogens is 3. The number of ether oxygens (including phenoxy) is 1. The van der Waals surface area contributed by atoms with Gasteiger partial charge in [-0.25, -0.2) is 0 Å². The molecule has 0 fully saturated rings. The van der Waals surface area contributed by atoms with Gasteiger partial charge in [-0.3, -0.25) is 9.59 Å². The van der Waals surface area contributed by atoms with E-state index < -0.39 is 6.04 Å². The molecule has 8 heteroatoms. The summed E-state index contributed by atoms with van der Waals surface area (Å²) in [6, 6.07) is 11.7. The van der Waals surface area contributed by atoms with Crippen LogP contribution in [0.5, 0.6) is 5.75 Å². The van der Waals surface area contributed by atoms with Crippen molar-refractivity contribution in [1.82, 2.24) is 10.2 Å². The fourth-order valence-electron chi connectivity index (χ4n) is 2.94. The molecule has 0 heterocycles. The first-order valence-corrected chi connectivity index (χ1v) is 11.7. The van der Waals surface area contributed by atoms with Crippen LogP contribution >= 0.6 is 39.1 Å². The normalized spacial score (nSPS) is 11.8. The fourth-order valence-corrected chi connectivity index (χ4v) is 3.87. The second-order valence-electron chi connectivity index (χ2n) is 7.57. The van der Waals surface area contributed by atoms with Gasteiger partial charge in [-0.1, -0.05) is 56.1 Å². The molecule has 0 spiro atoms. The van der Waals surface area contributed by atoms with Crippen LogP contribution in [0.3, 0.4) is 0 Å². The highest BCUT2D eigenvalue weighted by molar-refractivity contribution is 9.10. The van der Waals surface area contributed by atoms with E-state index >= 15 is 0 Å². The molecule has 0 saturated carbocycles. The number of nitrogens with one attached hydrogen (secondary N) is 1. The Hall–Kier alpha value is -1.76. The summed E-state index contributed by atoms with van der Waals surface area (Å²) in [6.07, 6.45) is 0.480. The lowest BCUT2D eigenvalue weighted by atomic mass is 10.1. The van der Waals surface area contributed by atoms with Gasteiger partial charge in [-0.15, -0.1) is 0 Å². The molecular formula is C23H27BrCl2N2O3. The van der Waals surface area contributed by atoms with Crippen molar-refractivity contribution in [3.8, 4) is 5.75 Å². The Kier molecular flexibility index (Phi) is 10.1. The zero-order chi connectivity index (χ0) is 23.0. The number of amides is 2. The molecule has 0 saturated heterocycles. The van der Waals surface area contributed by atoms with Crippen molar-refractivity contribution in [2.75, 3.05) is 13.2 Å². The SMILES string of the molecule is CC[C@H](C(=O)NCC(C)C)N(Cc1ccc(Cl)cc1)C(=O)COc1ccc(Cl)cc1Br. The minimum atomic E-state index is -0.612. The van der Waals surface area contributed by atoms with Crippen LogP contribution < -0.4 is 10.1 Å². The molecule has 0 aliphatic rings. The number of nitrogens with zero attached hydrogens (tertiary/aromatic N) is 1. The van der Waals surface area contributed by atoms with Crippen LogP contribution in [0.1, 0.15) is 32.8 Å². The predicted octanol–water partition coefficient (Wildman–Crippen LogP) is 5.71. The average Bonchev–Trinajstić information content (AvgIpc) is 2.72.